The van der Waals surface area contributed by atoms with E-state index in [1.807, 2.05) is 24.3 Å². The van der Waals surface area contributed by atoms with E-state index in [1.165, 1.54) is 11.8 Å². The van der Waals surface area contributed by atoms with Crippen molar-refractivity contribution in [3.63, 3.8) is 0 Å². The fraction of sp³-hybridized carbons (Fsp3) is 0.111. The molecule has 25 heavy (non-hydrogen) atoms. The highest BCUT2D eigenvalue weighted by atomic mass is 35.5. The minimum atomic E-state index is -0.0824. The van der Waals surface area contributed by atoms with E-state index in [1.54, 1.807) is 24.5 Å². The van der Waals surface area contributed by atoms with Crippen LogP contribution in [-0.2, 0) is 13.2 Å². The van der Waals surface area contributed by atoms with Gasteiger partial charge in [-0.1, -0.05) is 29.4 Å². The first-order valence-corrected chi connectivity index (χ1v) is 8.78. The van der Waals surface area contributed by atoms with Crippen LogP contribution in [0.1, 0.15) is 11.1 Å². The molecule has 2 aromatic heterocycles. The summed E-state index contributed by atoms with van der Waals surface area (Å²) in [6, 6.07) is 11.1. The minimum Gasteiger partial charge on any atom is -0.392 e. The molecule has 0 atom stereocenters. The lowest BCUT2D eigenvalue weighted by molar-refractivity contribution is 0.278. The molecule has 0 aliphatic rings. The van der Waals surface area contributed by atoms with Crippen LogP contribution in [0, 0.1) is 0 Å². The Morgan fingerprint density at radius 3 is 2.60 bits per heavy atom. The Morgan fingerprint density at radius 1 is 1.08 bits per heavy atom. The predicted molar refractivity (Wildman–Crippen MR) is 101 cm³/mol. The van der Waals surface area contributed by atoms with Crippen molar-refractivity contribution in [2.45, 2.75) is 23.1 Å². The number of pyridine rings is 2. The topological polar surface area (TPSA) is 98.1 Å². The van der Waals surface area contributed by atoms with Gasteiger partial charge in [0.15, 0.2) is 0 Å². The summed E-state index contributed by atoms with van der Waals surface area (Å²) in [5.74, 6) is 0.466. The third-order valence-electron chi connectivity index (χ3n) is 3.68. The summed E-state index contributed by atoms with van der Waals surface area (Å²) in [4.78, 5) is 9.28. The maximum atomic E-state index is 9.48. The molecule has 0 radical (unpaired) electrons. The standard InChI is InChI=1S/C18H17ClN4OS/c19-15-7-13(11-3-4-16(21)23-9-11)6-14(8-20)17(15)25-18-12(10-24)2-1-5-22-18/h1-7,9,24H,8,10,20H2,(H2,21,23). The Hall–Kier alpha value is -2.12. The Kier molecular flexibility index (Phi) is 5.55. The highest BCUT2D eigenvalue weighted by molar-refractivity contribution is 7.99. The van der Waals surface area contributed by atoms with E-state index in [4.69, 9.17) is 23.1 Å². The second-order valence-electron chi connectivity index (χ2n) is 5.35. The van der Waals surface area contributed by atoms with Crippen LogP contribution in [-0.4, -0.2) is 15.1 Å². The smallest absolute Gasteiger partial charge is 0.123 e. The number of aromatic nitrogens is 2. The molecule has 1 aromatic carbocycles. The summed E-state index contributed by atoms with van der Waals surface area (Å²) in [5.41, 5.74) is 15.1. The van der Waals surface area contributed by atoms with Gasteiger partial charge in [-0.2, -0.15) is 0 Å². The van der Waals surface area contributed by atoms with Gasteiger partial charge in [0, 0.05) is 35.0 Å². The summed E-state index contributed by atoms with van der Waals surface area (Å²) in [5, 5.41) is 10.8. The van der Waals surface area contributed by atoms with Crippen LogP contribution in [0.15, 0.2) is 58.7 Å². The molecule has 5 N–H and O–H groups in total. The van der Waals surface area contributed by atoms with Crippen LogP contribution in [0.5, 0.6) is 0 Å². The summed E-state index contributed by atoms with van der Waals surface area (Å²) < 4.78 is 0. The van der Waals surface area contributed by atoms with Crippen LogP contribution < -0.4 is 11.5 Å². The quantitative estimate of drug-likeness (QED) is 0.634. The van der Waals surface area contributed by atoms with E-state index in [2.05, 4.69) is 9.97 Å². The van der Waals surface area contributed by atoms with Crippen molar-refractivity contribution in [1.82, 2.24) is 9.97 Å². The molecular weight excluding hydrogens is 356 g/mol. The van der Waals surface area contributed by atoms with Crippen molar-refractivity contribution in [2.75, 3.05) is 5.73 Å². The van der Waals surface area contributed by atoms with Gasteiger partial charge in [-0.15, -0.1) is 0 Å². The number of halogens is 1. The molecule has 0 aliphatic heterocycles. The van der Waals surface area contributed by atoms with E-state index in [0.29, 0.717) is 22.4 Å². The molecule has 0 amide bonds. The molecule has 0 aliphatic carbocycles. The zero-order chi connectivity index (χ0) is 17.8. The van der Waals surface area contributed by atoms with E-state index in [0.717, 1.165) is 27.1 Å². The molecule has 0 bridgehead atoms. The number of anilines is 1. The highest BCUT2D eigenvalue weighted by Crippen LogP contribution is 2.39. The number of rotatable bonds is 5. The van der Waals surface area contributed by atoms with Gasteiger partial charge in [-0.05, 0) is 41.5 Å². The maximum Gasteiger partial charge on any atom is 0.123 e. The van der Waals surface area contributed by atoms with Gasteiger partial charge in [0.1, 0.15) is 10.8 Å². The first kappa shape index (κ1) is 17.7. The molecular formula is C18H17ClN4OS. The molecule has 0 saturated heterocycles. The number of aliphatic hydroxyl groups is 1. The lowest BCUT2D eigenvalue weighted by Crippen LogP contribution is -2.01. The van der Waals surface area contributed by atoms with E-state index < -0.39 is 0 Å². The molecule has 3 rings (SSSR count). The molecule has 0 saturated carbocycles. The van der Waals surface area contributed by atoms with Crippen molar-refractivity contribution in [1.29, 1.82) is 0 Å². The van der Waals surface area contributed by atoms with E-state index in [9.17, 15) is 5.11 Å². The predicted octanol–water partition coefficient (Wildman–Crippen LogP) is 3.48. The van der Waals surface area contributed by atoms with Crippen LogP contribution in [0.25, 0.3) is 11.1 Å². The lowest BCUT2D eigenvalue weighted by atomic mass is 10.0. The maximum absolute atomic E-state index is 9.48. The van der Waals surface area contributed by atoms with Crippen LogP contribution >= 0.6 is 23.4 Å². The van der Waals surface area contributed by atoms with Gasteiger partial charge in [0.2, 0.25) is 0 Å². The molecule has 0 fully saturated rings. The normalized spacial score (nSPS) is 10.8. The Labute approximate surface area is 155 Å². The third-order valence-corrected chi connectivity index (χ3v) is 5.34. The zero-order valence-corrected chi connectivity index (χ0v) is 14.9. The Morgan fingerprint density at radius 2 is 1.92 bits per heavy atom. The molecule has 128 valence electrons. The minimum absolute atomic E-state index is 0.0824. The van der Waals surface area contributed by atoms with Crippen LogP contribution in [0.3, 0.4) is 0 Å². The van der Waals surface area contributed by atoms with Gasteiger partial charge in [-0.3, -0.25) is 0 Å². The average molecular weight is 373 g/mol. The van der Waals surface area contributed by atoms with Crippen LogP contribution in [0.2, 0.25) is 5.02 Å². The van der Waals surface area contributed by atoms with Gasteiger partial charge in [0.05, 0.1) is 11.6 Å². The summed E-state index contributed by atoms with van der Waals surface area (Å²) in [7, 11) is 0. The molecule has 3 aromatic rings. The van der Waals surface area contributed by atoms with Crippen molar-refractivity contribution >= 4 is 29.2 Å². The molecule has 5 nitrogen and oxygen atoms in total. The van der Waals surface area contributed by atoms with Gasteiger partial charge >= 0.3 is 0 Å². The third kappa shape index (κ3) is 3.93. The number of hydrogen-bond donors (Lipinski definition) is 3. The van der Waals surface area contributed by atoms with Gasteiger partial charge in [-0.25, -0.2) is 9.97 Å². The lowest BCUT2D eigenvalue weighted by Gasteiger charge is -2.14. The Bertz CT molecular complexity index is 887. The van der Waals surface area contributed by atoms with Gasteiger partial charge in [0.25, 0.3) is 0 Å². The van der Waals surface area contributed by atoms with E-state index in [-0.39, 0.29) is 6.61 Å². The van der Waals surface area contributed by atoms with Crippen molar-refractivity contribution in [3.05, 3.63) is 64.9 Å². The first-order valence-electron chi connectivity index (χ1n) is 7.59. The SMILES string of the molecule is NCc1cc(-c2ccc(N)nc2)cc(Cl)c1Sc1ncccc1CO. The van der Waals surface area contributed by atoms with Gasteiger partial charge < -0.3 is 16.6 Å². The van der Waals surface area contributed by atoms with E-state index >= 15 is 0 Å². The first-order chi connectivity index (χ1) is 12.1. The second kappa shape index (κ2) is 7.84. The molecule has 2 heterocycles. The van der Waals surface area contributed by atoms with Crippen molar-refractivity contribution in [3.8, 4) is 11.1 Å². The van der Waals surface area contributed by atoms with Crippen molar-refractivity contribution < 1.29 is 5.11 Å². The number of nitrogens with two attached hydrogens (primary N) is 2. The highest BCUT2D eigenvalue weighted by Gasteiger charge is 2.14. The van der Waals surface area contributed by atoms with Crippen LogP contribution in [0.4, 0.5) is 5.82 Å². The summed E-state index contributed by atoms with van der Waals surface area (Å²) in [6.07, 6.45) is 3.39. The summed E-state index contributed by atoms with van der Waals surface area (Å²) >= 11 is 7.93. The largest absolute Gasteiger partial charge is 0.392 e. The number of nitrogen functional groups attached to an aromatic ring is 1. The molecule has 0 spiro atoms. The number of nitrogens with zero attached hydrogens (tertiary/aromatic N) is 2. The zero-order valence-electron chi connectivity index (χ0n) is 13.3. The monoisotopic (exact) mass is 372 g/mol. The van der Waals surface area contributed by atoms with Crippen molar-refractivity contribution in [2.24, 2.45) is 5.73 Å². The number of hydrogen-bond acceptors (Lipinski definition) is 6. The fourth-order valence-corrected chi connectivity index (χ4v) is 3.75. The summed E-state index contributed by atoms with van der Waals surface area (Å²) in [6.45, 7) is 0.251. The number of benzene rings is 1. The molecule has 7 heteroatoms. The number of aliphatic hydroxyl groups excluding tert-OH is 1. The average Bonchev–Trinajstić information content (AvgIpc) is 2.64. The Balaban J connectivity index is 2.02. The molecule has 0 unspecified atom stereocenters. The second-order valence-corrected chi connectivity index (χ2v) is 6.76. The fourth-order valence-electron chi connectivity index (χ4n) is 2.39.